The predicted octanol–water partition coefficient (Wildman–Crippen LogP) is 3.77. The van der Waals surface area contributed by atoms with Crippen molar-refractivity contribution in [1.82, 2.24) is 9.55 Å². The molecule has 0 saturated carbocycles. The standard InChI is InChI=1S/C13H14Cl2FN3O/c1-20-6-2-3-17-13-18-4-5-19(13)9-7-10(14)12(16)11(15)8-9/h4-5,7-8H,2-3,6H2,1H3,(H,17,18). The van der Waals surface area contributed by atoms with Gasteiger partial charge in [-0.05, 0) is 18.6 Å². The Morgan fingerprint density at radius 2 is 2.05 bits per heavy atom. The molecule has 0 amide bonds. The maximum absolute atomic E-state index is 13.4. The summed E-state index contributed by atoms with van der Waals surface area (Å²) in [6, 6.07) is 3.01. The number of aromatic nitrogens is 2. The first-order valence-electron chi connectivity index (χ1n) is 6.04. The van der Waals surface area contributed by atoms with Crippen LogP contribution in [0.4, 0.5) is 10.3 Å². The molecule has 1 aromatic heterocycles. The van der Waals surface area contributed by atoms with E-state index in [1.807, 2.05) is 0 Å². The summed E-state index contributed by atoms with van der Waals surface area (Å²) in [4.78, 5) is 4.20. The normalized spacial score (nSPS) is 10.8. The van der Waals surface area contributed by atoms with Gasteiger partial charge in [0.1, 0.15) is 0 Å². The molecule has 2 aromatic rings. The van der Waals surface area contributed by atoms with Crippen molar-refractivity contribution < 1.29 is 9.13 Å². The minimum Gasteiger partial charge on any atom is -0.385 e. The smallest absolute Gasteiger partial charge is 0.207 e. The minimum absolute atomic E-state index is 0.0217. The zero-order valence-electron chi connectivity index (χ0n) is 10.9. The number of rotatable bonds is 6. The van der Waals surface area contributed by atoms with Crippen molar-refractivity contribution in [2.75, 3.05) is 25.6 Å². The van der Waals surface area contributed by atoms with Crippen molar-refractivity contribution in [1.29, 1.82) is 0 Å². The fraction of sp³-hybridized carbons (Fsp3) is 0.308. The summed E-state index contributed by atoms with van der Waals surface area (Å²) in [7, 11) is 1.66. The summed E-state index contributed by atoms with van der Waals surface area (Å²) in [6.45, 7) is 1.38. The molecule has 0 aliphatic heterocycles. The van der Waals surface area contributed by atoms with Gasteiger partial charge in [-0.3, -0.25) is 4.57 Å². The lowest BCUT2D eigenvalue weighted by molar-refractivity contribution is 0.197. The van der Waals surface area contributed by atoms with Crippen LogP contribution in [0.3, 0.4) is 0 Å². The van der Waals surface area contributed by atoms with Crippen LogP contribution in [-0.4, -0.2) is 29.8 Å². The van der Waals surface area contributed by atoms with Gasteiger partial charge in [0.25, 0.3) is 0 Å². The van der Waals surface area contributed by atoms with Crippen LogP contribution in [0.5, 0.6) is 0 Å². The lowest BCUT2D eigenvalue weighted by Crippen LogP contribution is -2.09. The Kier molecular flexibility index (Phi) is 5.23. The number of ether oxygens (including phenoxy) is 1. The van der Waals surface area contributed by atoms with Gasteiger partial charge in [-0.1, -0.05) is 23.2 Å². The van der Waals surface area contributed by atoms with Crippen molar-refractivity contribution in [3.05, 3.63) is 40.4 Å². The summed E-state index contributed by atoms with van der Waals surface area (Å²) >= 11 is 11.6. The van der Waals surface area contributed by atoms with E-state index in [2.05, 4.69) is 10.3 Å². The third-order valence-electron chi connectivity index (χ3n) is 2.70. The molecule has 0 atom stereocenters. The fourth-order valence-electron chi connectivity index (χ4n) is 1.74. The lowest BCUT2D eigenvalue weighted by atomic mass is 10.3. The van der Waals surface area contributed by atoms with Crippen LogP contribution >= 0.6 is 23.2 Å². The maximum Gasteiger partial charge on any atom is 0.207 e. The Balaban J connectivity index is 2.19. The van der Waals surface area contributed by atoms with Gasteiger partial charge in [-0.25, -0.2) is 9.37 Å². The van der Waals surface area contributed by atoms with E-state index in [1.165, 1.54) is 12.1 Å². The number of nitrogens with one attached hydrogen (secondary N) is 1. The second kappa shape index (κ2) is 6.92. The van der Waals surface area contributed by atoms with Crippen LogP contribution in [0.15, 0.2) is 24.5 Å². The van der Waals surface area contributed by atoms with Crippen LogP contribution in [0.2, 0.25) is 10.0 Å². The zero-order valence-corrected chi connectivity index (χ0v) is 12.4. The SMILES string of the molecule is COCCCNc1nccn1-c1cc(Cl)c(F)c(Cl)c1. The summed E-state index contributed by atoms with van der Waals surface area (Å²) in [5.74, 6) is 0.0200. The first kappa shape index (κ1) is 15.1. The molecule has 4 nitrogen and oxygen atoms in total. The van der Waals surface area contributed by atoms with E-state index in [1.54, 1.807) is 24.1 Å². The number of benzene rings is 1. The second-order valence-corrected chi connectivity index (χ2v) is 4.93. The molecule has 0 unspecified atom stereocenters. The van der Waals surface area contributed by atoms with Crippen LogP contribution < -0.4 is 5.32 Å². The highest BCUT2D eigenvalue weighted by atomic mass is 35.5. The molecule has 1 N–H and O–H groups in total. The molecule has 20 heavy (non-hydrogen) atoms. The number of nitrogens with zero attached hydrogens (tertiary/aromatic N) is 2. The molecule has 0 spiro atoms. The van der Waals surface area contributed by atoms with Crippen LogP contribution in [0.25, 0.3) is 5.69 Å². The van der Waals surface area contributed by atoms with E-state index in [-0.39, 0.29) is 10.0 Å². The summed E-state index contributed by atoms with van der Waals surface area (Å²) in [5.41, 5.74) is 0.646. The summed E-state index contributed by atoms with van der Waals surface area (Å²) in [5, 5.41) is 3.13. The van der Waals surface area contributed by atoms with Crippen LogP contribution in [0, 0.1) is 5.82 Å². The number of hydrogen-bond acceptors (Lipinski definition) is 3. The van der Waals surface area contributed by atoms with Gasteiger partial charge in [-0.2, -0.15) is 0 Å². The average molecular weight is 318 g/mol. The Morgan fingerprint density at radius 3 is 2.70 bits per heavy atom. The molecule has 0 aliphatic rings. The quantitative estimate of drug-likeness (QED) is 0.651. The van der Waals surface area contributed by atoms with E-state index in [0.29, 0.717) is 24.8 Å². The number of hydrogen-bond donors (Lipinski definition) is 1. The molecule has 0 saturated heterocycles. The Morgan fingerprint density at radius 1 is 1.35 bits per heavy atom. The number of imidazole rings is 1. The van der Waals surface area contributed by atoms with Crippen LogP contribution in [0.1, 0.15) is 6.42 Å². The van der Waals surface area contributed by atoms with Gasteiger partial charge in [0.15, 0.2) is 5.82 Å². The maximum atomic E-state index is 13.4. The van der Waals surface area contributed by atoms with E-state index in [0.717, 1.165) is 6.42 Å². The fourth-order valence-corrected chi connectivity index (χ4v) is 2.22. The van der Waals surface area contributed by atoms with Crippen molar-refractivity contribution in [2.24, 2.45) is 0 Å². The highest BCUT2D eigenvalue weighted by Crippen LogP contribution is 2.27. The zero-order chi connectivity index (χ0) is 14.5. The van der Waals surface area contributed by atoms with Crippen molar-refractivity contribution in [2.45, 2.75) is 6.42 Å². The van der Waals surface area contributed by atoms with Crippen molar-refractivity contribution in [3.63, 3.8) is 0 Å². The highest BCUT2D eigenvalue weighted by molar-refractivity contribution is 6.35. The molecule has 1 aromatic carbocycles. The van der Waals surface area contributed by atoms with E-state index in [4.69, 9.17) is 27.9 Å². The van der Waals surface area contributed by atoms with Crippen molar-refractivity contribution in [3.8, 4) is 5.69 Å². The molecule has 0 radical (unpaired) electrons. The van der Waals surface area contributed by atoms with Gasteiger partial charge in [0.05, 0.1) is 15.7 Å². The highest BCUT2D eigenvalue weighted by Gasteiger charge is 2.11. The molecule has 0 aliphatic carbocycles. The summed E-state index contributed by atoms with van der Waals surface area (Å²) < 4.78 is 20.2. The first-order chi connectivity index (χ1) is 9.63. The monoisotopic (exact) mass is 317 g/mol. The van der Waals surface area contributed by atoms with E-state index < -0.39 is 5.82 Å². The number of anilines is 1. The average Bonchev–Trinajstić information content (AvgIpc) is 2.89. The molecule has 7 heteroatoms. The molecule has 2 rings (SSSR count). The second-order valence-electron chi connectivity index (χ2n) is 4.12. The minimum atomic E-state index is -0.619. The number of methoxy groups -OCH3 is 1. The number of halogens is 3. The van der Waals surface area contributed by atoms with E-state index >= 15 is 0 Å². The van der Waals surface area contributed by atoms with Crippen molar-refractivity contribution >= 4 is 29.2 Å². The van der Waals surface area contributed by atoms with Gasteiger partial charge in [0, 0.05) is 32.7 Å². The third-order valence-corrected chi connectivity index (χ3v) is 3.25. The van der Waals surface area contributed by atoms with Crippen LogP contribution in [-0.2, 0) is 4.74 Å². The third kappa shape index (κ3) is 3.42. The molecule has 108 valence electrons. The first-order valence-corrected chi connectivity index (χ1v) is 6.80. The van der Waals surface area contributed by atoms with Gasteiger partial charge in [0.2, 0.25) is 5.95 Å². The molecule has 1 heterocycles. The molecular weight excluding hydrogens is 304 g/mol. The van der Waals surface area contributed by atoms with E-state index in [9.17, 15) is 4.39 Å². The van der Waals surface area contributed by atoms with Gasteiger partial charge in [-0.15, -0.1) is 0 Å². The Hall–Kier alpha value is -1.30. The summed E-state index contributed by atoms with van der Waals surface area (Å²) in [6.07, 6.45) is 4.25. The molecule has 0 fully saturated rings. The lowest BCUT2D eigenvalue weighted by Gasteiger charge is -2.11. The largest absolute Gasteiger partial charge is 0.385 e. The Bertz CT molecular complexity index is 566. The molecular formula is C13H14Cl2FN3O. The molecule has 0 bridgehead atoms. The van der Waals surface area contributed by atoms with Gasteiger partial charge >= 0.3 is 0 Å². The van der Waals surface area contributed by atoms with Gasteiger partial charge < -0.3 is 10.1 Å². The predicted molar refractivity (Wildman–Crippen MR) is 78.5 cm³/mol. The Labute approximate surface area is 126 Å². The topological polar surface area (TPSA) is 39.1 Å².